The van der Waals surface area contributed by atoms with Gasteiger partial charge in [-0.3, -0.25) is 4.79 Å². The van der Waals surface area contributed by atoms with E-state index in [0.29, 0.717) is 0 Å². The van der Waals surface area contributed by atoms with Gasteiger partial charge in [0, 0.05) is 0 Å². The number of nitrogens with one attached hydrogen (secondary N) is 1. The molecule has 0 saturated carbocycles. The van der Waals surface area contributed by atoms with Gasteiger partial charge in [-0.05, 0) is 17.4 Å². The van der Waals surface area contributed by atoms with Crippen molar-refractivity contribution in [3.05, 3.63) is 17.5 Å². The molecule has 1 aromatic rings. The molecule has 100 valence electrons. The van der Waals surface area contributed by atoms with Crippen LogP contribution in [-0.4, -0.2) is 28.8 Å². The van der Waals surface area contributed by atoms with Crippen LogP contribution in [0.1, 0.15) is 20.3 Å². The van der Waals surface area contributed by atoms with Crippen molar-refractivity contribution in [3.63, 3.8) is 0 Å². The molecule has 0 unspecified atom stereocenters. The van der Waals surface area contributed by atoms with Gasteiger partial charge < -0.3 is 10.4 Å². The molecule has 6 heteroatoms. The van der Waals surface area contributed by atoms with Crippen molar-refractivity contribution >= 4 is 35.0 Å². The number of aliphatic carboxylic acids is 1. The monoisotopic (exact) mass is 287 g/mol. The summed E-state index contributed by atoms with van der Waals surface area (Å²) in [5, 5.41) is 13.6. The summed E-state index contributed by atoms with van der Waals surface area (Å²) >= 11 is 2.99. The fourth-order valence-electron chi connectivity index (χ4n) is 1.38. The molecule has 0 aliphatic carbocycles. The SMILES string of the molecule is CC[C@H](C)[C@H](NC(=O)CSc1cccs1)C(=O)O. The highest BCUT2D eigenvalue weighted by Gasteiger charge is 2.25. The number of thioether (sulfide) groups is 1. The van der Waals surface area contributed by atoms with E-state index in [-0.39, 0.29) is 17.6 Å². The van der Waals surface area contributed by atoms with E-state index in [4.69, 9.17) is 5.11 Å². The number of thiophene rings is 1. The highest BCUT2D eigenvalue weighted by atomic mass is 32.2. The molecule has 2 atom stereocenters. The van der Waals surface area contributed by atoms with Crippen LogP contribution in [0.2, 0.25) is 0 Å². The van der Waals surface area contributed by atoms with Gasteiger partial charge in [-0.2, -0.15) is 0 Å². The number of carbonyl (C=O) groups excluding carboxylic acids is 1. The summed E-state index contributed by atoms with van der Waals surface area (Å²) < 4.78 is 1.06. The first-order valence-electron chi connectivity index (χ1n) is 5.73. The Morgan fingerprint density at radius 2 is 2.28 bits per heavy atom. The minimum Gasteiger partial charge on any atom is -0.480 e. The topological polar surface area (TPSA) is 66.4 Å². The van der Waals surface area contributed by atoms with Gasteiger partial charge in [0.05, 0.1) is 9.96 Å². The molecule has 0 radical (unpaired) electrons. The Bertz CT molecular complexity index is 392. The average Bonchev–Trinajstić information content (AvgIpc) is 2.85. The van der Waals surface area contributed by atoms with Crippen molar-refractivity contribution in [1.29, 1.82) is 0 Å². The quantitative estimate of drug-likeness (QED) is 0.756. The maximum atomic E-state index is 11.7. The smallest absolute Gasteiger partial charge is 0.326 e. The van der Waals surface area contributed by atoms with E-state index in [0.717, 1.165) is 10.6 Å². The fourth-order valence-corrected chi connectivity index (χ4v) is 2.98. The maximum Gasteiger partial charge on any atom is 0.326 e. The zero-order valence-corrected chi connectivity index (χ0v) is 12.0. The van der Waals surface area contributed by atoms with Gasteiger partial charge in [0.1, 0.15) is 6.04 Å². The summed E-state index contributed by atoms with van der Waals surface area (Å²) in [7, 11) is 0. The summed E-state index contributed by atoms with van der Waals surface area (Å²) in [6, 6.07) is 3.06. The Labute approximate surface area is 115 Å². The Kier molecular flexibility index (Phi) is 6.21. The highest BCUT2D eigenvalue weighted by Crippen LogP contribution is 2.23. The molecule has 0 spiro atoms. The molecule has 0 aliphatic heterocycles. The molecule has 0 saturated heterocycles. The van der Waals surface area contributed by atoms with E-state index >= 15 is 0 Å². The largest absolute Gasteiger partial charge is 0.480 e. The predicted octanol–water partition coefficient (Wildman–Crippen LogP) is 2.46. The lowest BCUT2D eigenvalue weighted by atomic mass is 9.99. The van der Waals surface area contributed by atoms with E-state index in [1.54, 1.807) is 11.3 Å². The molecular weight excluding hydrogens is 270 g/mol. The lowest BCUT2D eigenvalue weighted by molar-refractivity contribution is -0.143. The molecule has 0 bridgehead atoms. The van der Waals surface area contributed by atoms with Gasteiger partial charge in [-0.25, -0.2) is 4.79 Å². The molecule has 2 N–H and O–H groups in total. The zero-order valence-electron chi connectivity index (χ0n) is 10.4. The number of carbonyl (C=O) groups is 2. The molecule has 0 aliphatic rings. The van der Waals surface area contributed by atoms with Crippen LogP contribution in [0.5, 0.6) is 0 Å². The molecular formula is C12H17NO3S2. The van der Waals surface area contributed by atoms with Gasteiger partial charge in [0.2, 0.25) is 5.91 Å². The molecule has 18 heavy (non-hydrogen) atoms. The Hall–Kier alpha value is -1.01. The van der Waals surface area contributed by atoms with Gasteiger partial charge in [-0.15, -0.1) is 23.1 Å². The first-order chi connectivity index (χ1) is 8.54. The van der Waals surface area contributed by atoms with Crippen LogP contribution in [0.25, 0.3) is 0 Å². The molecule has 0 aromatic carbocycles. The number of hydrogen-bond donors (Lipinski definition) is 2. The first kappa shape index (κ1) is 15.0. The normalized spacial score (nSPS) is 13.9. The van der Waals surface area contributed by atoms with Crippen molar-refractivity contribution in [2.75, 3.05) is 5.75 Å². The van der Waals surface area contributed by atoms with Crippen LogP contribution in [-0.2, 0) is 9.59 Å². The third-order valence-electron chi connectivity index (χ3n) is 2.64. The van der Waals surface area contributed by atoms with Crippen molar-refractivity contribution in [2.24, 2.45) is 5.92 Å². The second kappa shape index (κ2) is 7.43. The zero-order chi connectivity index (χ0) is 13.5. The lowest BCUT2D eigenvalue weighted by Gasteiger charge is -2.19. The van der Waals surface area contributed by atoms with Crippen molar-refractivity contribution in [3.8, 4) is 0 Å². The van der Waals surface area contributed by atoms with Crippen LogP contribution in [0.3, 0.4) is 0 Å². The Morgan fingerprint density at radius 3 is 2.78 bits per heavy atom. The number of hydrogen-bond acceptors (Lipinski definition) is 4. The molecule has 1 rings (SSSR count). The summed E-state index contributed by atoms with van der Waals surface area (Å²) in [6.07, 6.45) is 0.718. The number of rotatable bonds is 7. The van der Waals surface area contributed by atoms with Crippen LogP contribution in [0, 0.1) is 5.92 Å². The lowest BCUT2D eigenvalue weighted by Crippen LogP contribution is -2.45. The van der Waals surface area contributed by atoms with Gasteiger partial charge in [-0.1, -0.05) is 26.3 Å². The van der Waals surface area contributed by atoms with Gasteiger partial charge in [0.25, 0.3) is 0 Å². The summed E-state index contributed by atoms with van der Waals surface area (Å²) in [4.78, 5) is 22.7. The maximum absolute atomic E-state index is 11.7. The number of amides is 1. The summed E-state index contributed by atoms with van der Waals surface area (Å²) in [5.41, 5.74) is 0. The summed E-state index contributed by atoms with van der Waals surface area (Å²) in [5.74, 6) is -1.03. The second-order valence-electron chi connectivity index (χ2n) is 3.99. The molecule has 0 fully saturated rings. The van der Waals surface area contributed by atoms with Crippen molar-refractivity contribution in [1.82, 2.24) is 5.32 Å². The van der Waals surface area contributed by atoms with Crippen LogP contribution >= 0.6 is 23.1 Å². The minimum atomic E-state index is -0.973. The third-order valence-corrected chi connectivity index (χ3v) is 4.77. The van der Waals surface area contributed by atoms with Crippen LogP contribution in [0.4, 0.5) is 0 Å². The first-order valence-corrected chi connectivity index (χ1v) is 7.59. The average molecular weight is 287 g/mol. The van der Waals surface area contributed by atoms with Crippen LogP contribution < -0.4 is 5.32 Å². The Morgan fingerprint density at radius 1 is 1.56 bits per heavy atom. The third kappa shape index (κ3) is 4.70. The van der Waals surface area contributed by atoms with Crippen molar-refractivity contribution < 1.29 is 14.7 Å². The van der Waals surface area contributed by atoms with Gasteiger partial charge in [0.15, 0.2) is 0 Å². The summed E-state index contributed by atoms with van der Waals surface area (Å²) in [6.45, 7) is 3.73. The molecule has 1 heterocycles. The second-order valence-corrected chi connectivity index (χ2v) is 6.21. The Balaban J connectivity index is 2.44. The van der Waals surface area contributed by atoms with E-state index in [1.807, 2.05) is 31.4 Å². The number of carboxylic acids is 1. The molecule has 1 aromatic heterocycles. The fraction of sp³-hybridized carbons (Fsp3) is 0.500. The standard InChI is InChI=1S/C12H17NO3S2/c1-3-8(2)11(12(15)16)13-9(14)7-18-10-5-4-6-17-10/h4-6,8,11H,3,7H2,1-2H3,(H,13,14)(H,15,16)/t8-,11-/m0/s1. The minimum absolute atomic E-state index is 0.0711. The van der Waals surface area contributed by atoms with Crippen molar-refractivity contribution in [2.45, 2.75) is 30.5 Å². The van der Waals surface area contributed by atoms with E-state index in [1.165, 1.54) is 11.8 Å². The number of carboxylic acid groups (broad SMARTS) is 1. The van der Waals surface area contributed by atoms with E-state index in [2.05, 4.69) is 5.32 Å². The van der Waals surface area contributed by atoms with E-state index in [9.17, 15) is 9.59 Å². The predicted molar refractivity (Wildman–Crippen MR) is 74.1 cm³/mol. The molecule has 4 nitrogen and oxygen atoms in total. The van der Waals surface area contributed by atoms with E-state index < -0.39 is 12.0 Å². The van der Waals surface area contributed by atoms with Crippen LogP contribution in [0.15, 0.2) is 21.7 Å². The molecule has 1 amide bonds. The highest BCUT2D eigenvalue weighted by molar-refractivity contribution is 8.01. The van der Waals surface area contributed by atoms with Gasteiger partial charge >= 0.3 is 5.97 Å².